The van der Waals surface area contributed by atoms with Crippen LogP contribution in [0.3, 0.4) is 0 Å². The highest BCUT2D eigenvalue weighted by molar-refractivity contribution is 7.86. The van der Waals surface area contributed by atoms with Gasteiger partial charge in [0.25, 0.3) is 10.1 Å². The number of hydrogen-bond donors (Lipinski definition) is 0. The van der Waals surface area contributed by atoms with Crippen LogP contribution in [-0.2, 0) is 52.4 Å². The van der Waals surface area contributed by atoms with E-state index in [1.54, 1.807) is 19.1 Å². The fraction of sp³-hybridized carbons (Fsp3) is 0.550. The number of hydrogen-bond acceptors (Lipinski definition) is 11. The summed E-state index contributed by atoms with van der Waals surface area (Å²) in [5, 5.41) is 0. The smallest absolute Gasteiger partial charge is 0.303 e. The molecule has 1 aromatic rings. The number of carbonyl (C=O) groups is 3. The van der Waals surface area contributed by atoms with Crippen LogP contribution in [0.15, 0.2) is 29.2 Å². The SMILES string of the molecule is CO[C@@H]1O[C@@H](COS(=O)(=O)c2ccc(C)cc2)[C@H](OC(C)=O)[C@H](OC(C)=O)[C@@H]1OC(C)=O. The topological polar surface area (TPSA) is 141 Å². The van der Waals surface area contributed by atoms with Crippen LogP contribution in [0.1, 0.15) is 26.3 Å². The Morgan fingerprint density at radius 1 is 0.875 bits per heavy atom. The lowest BCUT2D eigenvalue weighted by Crippen LogP contribution is -2.62. The van der Waals surface area contributed by atoms with Gasteiger partial charge in [-0.15, -0.1) is 0 Å². The molecule has 1 aliphatic rings. The molecule has 32 heavy (non-hydrogen) atoms. The van der Waals surface area contributed by atoms with Gasteiger partial charge in [0.05, 0.1) is 11.5 Å². The first-order valence-corrected chi connectivity index (χ1v) is 11.0. The van der Waals surface area contributed by atoms with Crippen LogP contribution in [0, 0.1) is 6.92 Å². The van der Waals surface area contributed by atoms with Crippen molar-refractivity contribution in [2.24, 2.45) is 0 Å². The van der Waals surface area contributed by atoms with Crippen molar-refractivity contribution < 1.29 is 50.7 Å². The number of rotatable bonds is 8. The van der Waals surface area contributed by atoms with Crippen molar-refractivity contribution in [1.29, 1.82) is 0 Å². The Bertz CT molecular complexity index is 925. The Balaban J connectivity index is 2.33. The van der Waals surface area contributed by atoms with Crippen LogP contribution < -0.4 is 0 Å². The van der Waals surface area contributed by atoms with E-state index in [4.69, 9.17) is 27.9 Å². The van der Waals surface area contributed by atoms with E-state index < -0.39 is 65.3 Å². The zero-order valence-corrected chi connectivity index (χ0v) is 19.1. The van der Waals surface area contributed by atoms with Crippen LogP contribution in [0.25, 0.3) is 0 Å². The van der Waals surface area contributed by atoms with Crippen molar-refractivity contribution in [2.45, 2.75) is 63.3 Å². The van der Waals surface area contributed by atoms with E-state index in [0.717, 1.165) is 26.3 Å². The van der Waals surface area contributed by atoms with Gasteiger partial charge >= 0.3 is 17.9 Å². The van der Waals surface area contributed by atoms with E-state index in [9.17, 15) is 22.8 Å². The molecule has 0 N–H and O–H groups in total. The second kappa shape index (κ2) is 10.9. The molecular weight excluding hydrogens is 448 g/mol. The molecular formula is C20H26O11S. The predicted octanol–water partition coefficient (Wildman–Crippen LogP) is 0.867. The summed E-state index contributed by atoms with van der Waals surface area (Å²) in [6.07, 6.45) is -6.46. The normalized spacial score (nSPS) is 25.6. The molecule has 0 radical (unpaired) electrons. The molecule has 0 saturated carbocycles. The van der Waals surface area contributed by atoms with E-state index >= 15 is 0 Å². The van der Waals surface area contributed by atoms with Gasteiger partial charge in [-0.25, -0.2) is 0 Å². The van der Waals surface area contributed by atoms with Gasteiger partial charge in [0.1, 0.15) is 6.10 Å². The summed E-state index contributed by atoms with van der Waals surface area (Å²) in [6.45, 7) is 4.55. The molecule has 178 valence electrons. The van der Waals surface area contributed by atoms with Crippen molar-refractivity contribution in [1.82, 2.24) is 0 Å². The third-order valence-electron chi connectivity index (χ3n) is 4.43. The number of benzene rings is 1. The van der Waals surface area contributed by atoms with Gasteiger partial charge in [-0.1, -0.05) is 17.7 Å². The molecule has 0 spiro atoms. The molecule has 1 aromatic carbocycles. The maximum absolute atomic E-state index is 12.6. The molecule has 5 atom stereocenters. The lowest BCUT2D eigenvalue weighted by Gasteiger charge is -2.43. The Morgan fingerprint density at radius 2 is 1.38 bits per heavy atom. The molecule has 11 nitrogen and oxygen atoms in total. The number of aryl methyl sites for hydroxylation is 1. The number of methoxy groups -OCH3 is 1. The van der Waals surface area contributed by atoms with Gasteiger partial charge in [-0.2, -0.15) is 8.42 Å². The monoisotopic (exact) mass is 474 g/mol. The second-order valence-electron chi connectivity index (χ2n) is 7.05. The van der Waals surface area contributed by atoms with E-state index in [1.165, 1.54) is 19.2 Å². The summed E-state index contributed by atoms with van der Waals surface area (Å²) in [5.41, 5.74) is 0.859. The van der Waals surface area contributed by atoms with Gasteiger partial charge in [0.2, 0.25) is 0 Å². The van der Waals surface area contributed by atoms with Crippen LogP contribution in [-0.4, -0.2) is 70.7 Å². The maximum Gasteiger partial charge on any atom is 0.303 e. The van der Waals surface area contributed by atoms with Gasteiger partial charge in [-0.3, -0.25) is 18.6 Å². The maximum atomic E-state index is 12.6. The number of ether oxygens (including phenoxy) is 5. The largest absolute Gasteiger partial charge is 0.456 e. The van der Waals surface area contributed by atoms with Crippen LogP contribution in [0.2, 0.25) is 0 Å². The summed E-state index contributed by atoms with van der Waals surface area (Å²) in [6, 6.07) is 5.98. The first-order chi connectivity index (χ1) is 14.9. The lowest BCUT2D eigenvalue weighted by atomic mass is 9.98. The fourth-order valence-electron chi connectivity index (χ4n) is 3.11. The molecule has 0 bridgehead atoms. The van der Waals surface area contributed by atoms with E-state index in [-0.39, 0.29) is 4.90 Å². The first kappa shape index (κ1) is 25.7. The van der Waals surface area contributed by atoms with Crippen LogP contribution >= 0.6 is 0 Å². The van der Waals surface area contributed by atoms with Gasteiger partial charge in [0.15, 0.2) is 24.6 Å². The Hall–Kier alpha value is -2.54. The quantitative estimate of drug-likeness (QED) is 0.301. The molecule has 1 saturated heterocycles. The standard InChI is InChI=1S/C20H26O11S/c1-11-6-8-15(9-7-11)32(24,25)27-10-16-17(28-12(2)21)18(29-13(3)22)19(30-14(4)23)20(26-5)31-16/h6-9,16-20H,10H2,1-5H3/t16-,17-,18-,19-,20+/m0/s1. The van der Waals surface area contributed by atoms with Crippen LogP contribution in [0.4, 0.5) is 0 Å². The van der Waals surface area contributed by atoms with Crippen molar-refractivity contribution in [3.05, 3.63) is 29.8 Å². The number of carbonyl (C=O) groups excluding carboxylic acids is 3. The zero-order chi connectivity index (χ0) is 24.1. The lowest BCUT2D eigenvalue weighted by molar-refractivity contribution is -0.300. The Morgan fingerprint density at radius 3 is 1.88 bits per heavy atom. The molecule has 0 aromatic heterocycles. The average molecular weight is 474 g/mol. The van der Waals surface area contributed by atoms with Crippen molar-refractivity contribution in [3.63, 3.8) is 0 Å². The number of esters is 3. The van der Waals surface area contributed by atoms with Gasteiger partial charge in [0, 0.05) is 27.9 Å². The minimum absolute atomic E-state index is 0.0828. The molecule has 1 heterocycles. The molecule has 1 aliphatic heterocycles. The highest BCUT2D eigenvalue weighted by atomic mass is 32.2. The summed E-state index contributed by atoms with van der Waals surface area (Å²) in [7, 11) is -2.93. The summed E-state index contributed by atoms with van der Waals surface area (Å²) < 4.78 is 56.8. The minimum Gasteiger partial charge on any atom is -0.456 e. The average Bonchev–Trinajstić information content (AvgIpc) is 2.69. The molecule has 0 unspecified atom stereocenters. The highest BCUT2D eigenvalue weighted by Crippen LogP contribution is 2.30. The second-order valence-corrected chi connectivity index (χ2v) is 8.67. The summed E-state index contributed by atoms with van der Waals surface area (Å²) >= 11 is 0. The molecule has 0 amide bonds. The van der Waals surface area contributed by atoms with Crippen molar-refractivity contribution in [2.75, 3.05) is 13.7 Å². The summed E-state index contributed by atoms with van der Waals surface area (Å²) in [5.74, 6) is -2.25. The van der Waals surface area contributed by atoms with Crippen LogP contribution in [0.5, 0.6) is 0 Å². The third-order valence-corrected chi connectivity index (χ3v) is 5.72. The molecule has 0 aliphatic carbocycles. The zero-order valence-electron chi connectivity index (χ0n) is 18.3. The van der Waals surface area contributed by atoms with E-state index in [2.05, 4.69) is 0 Å². The van der Waals surface area contributed by atoms with Crippen molar-refractivity contribution >= 4 is 28.0 Å². The molecule has 2 rings (SSSR count). The van der Waals surface area contributed by atoms with E-state index in [1.807, 2.05) is 0 Å². The van der Waals surface area contributed by atoms with Gasteiger partial charge in [-0.05, 0) is 19.1 Å². The predicted molar refractivity (Wildman–Crippen MR) is 107 cm³/mol. The third kappa shape index (κ3) is 6.73. The van der Waals surface area contributed by atoms with Crippen molar-refractivity contribution in [3.8, 4) is 0 Å². The molecule has 12 heteroatoms. The Labute approximate surface area is 186 Å². The Kier molecular flexibility index (Phi) is 8.73. The highest BCUT2D eigenvalue weighted by Gasteiger charge is 2.52. The minimum atomic E-state index is -4.18. The van der Waals surface area contributed by atoms with Gasteiger partial charge < -0.3 is 23.7 Å². The fourth-order valence-corrected chi connectivity index (χ4v) is 4.03. The van der Waals surface area contributed by atoms with E-state index in [0.29, 0.717) is 0 Å². The first-order valence-electron chi connectivity index (χ1n) is 9.60. The summed E-state index contributed by atoms with van der Waals surface area (Å²) in [4.78, 5) is 34.9. The molecule has 1 fully saturated rings.